The first-order valence-electron chi connectivity index (χ1n) is 12.2. The molecule has 5 heteroatoms. The van der Waals surface area contributed by atoms with Gasteiger partial charge in [-0.05, 0) is 67.8 Å². The van der Waals surface area contributed by atoms with Crippen LogP contribution in [0.2, 0.25) is 0 Å². The maximum absolute atomic E-state index is 13.2. The van der Waals surface area contributed by atoms with Crippen molar-refractivity contribution in [2.24, 2.45) is 11.7 Å². The van der Waals surface area contributed by atoms with Crippen LogP contribution < -0.4 is 5.73 Å². The molecule has 30 heavy (non-hydrogen) atoms. The Morgan fingerprint density at radius 2 is 1.67 bits per heavy atom. The second-order valence-electron chi connectivity index (χ2n) is 9.16. The van der Waals surface area contributed by atoms with Crippen molar-refractivity contribution in [3.05, 3.63) is 29.3 Å². The molecule has 0 radical (unpaired) electrons. The van der Waals surface area contributed by atoms with E-state index in [4.69, 9.17) is 5.73 Å². The van der Waals surface area contributed by atoms with Crippen LogP contribution in [0.15, 0.2) is 23.1 Å². The molecule has 2 rings (SSSR count). The average molecular weight is 438 g/mol. The standard InChI is InChI=1S/C25H43NO3S/c1-2-3-4-5-6-7-9-14-22-17-23(25(27)15-16-26)19-24(18-22)30(28,29)20-21-12-10-8-11-13-21/h17-19,21,25,27H,2-16,20,26H2,1H3. The number of rotatable bonds is 14. The minimum atomic E-state index is -3.34. The summed E-state index contributed by atoms with van der Waals surface area (Å²) < 4.78 is 26.3. The molecule has 0 saturated heterocycles. The summed E-state index contributed by atoms with van der Waals surface area (Å²) in [5.41, 5.74) is 7.35. The lowest BCUT2D eigenvalue weighted by Crippen LogP contribution is -2.19. The van der Waals surface area contributed by atoms with Gasteiger partial charge in [0, 0.05) is 0 Å². The fourth-order valence-corrected chi connectivity index (χ4v) is 6.37. The summed E-state index contributed by atoms with van der Waals surface area (Å²) in [6, 6.07) is 5.53. The summed E-state index contributed by atoms with van der Waals surface area (Å²) in [5, 5.41) is 10.5. The van der Waals surface area contributed by atoms with Crippen molar-refractivity contribution in [2.45, 2.75) is 108 Å². The van der Waals surface area contributed by atoms with E-state index in [1.54, 1.807) is 6.07 Å². The van der Waals surface area contributed by atoms with E-state index in [1.807, 2.05) is 12.1 Å². The van der Waals surface area contributed by atoms with Gasteiger partial charge in [-0.2, -0.15) is 0 Å². The SMILES string of the molecule is CCCCCCCCCc1cc(C(O)CCN)cc(S(=O)(=O)CC2CCCCC2)c1. The number of unbranched alkanes of at least 4 members (excludes halogenated alkanes) is 6. The zero-order valence-corrected chi connectivity index (χ0v) is 19.8. The van der Waals surface area contributed by atoms with Gasteiger partial charge < -0.3 is 10.8 Å². The molecule has 1 saturated carbocycles. The third-order valence-corrected chi connectivity index (χ3v) is 8.29. The predicted molar refractivity (Wildman–Crippen MR) is 125 cm³/mol. The Kier molecular flexibility index (Phi) is 11.4. The quantitative estimate of drug-likeness (QED) is 0.365. The van der Waals surface area contributed by atoms with Gasteiger partial charge in [0.1, 0.15) is 0 Å². The Morgan fingerprint density at radius 3 is 2.33 bits per heavy atom. The van der Waals surface area contributed by atoms with Crippen LogP contribution in [0.5, 0.6) is 0 Å². The predicted octanol–water partition coefficient (Wildman–Crippen LogP) is 5.72. The molecular weight excluding hydrogens is 394 g/mol. The molecule has 0 bridgehead atoms. The Bertz CT molecular complexity index is 711. The summed E-state index contributed by atoms with van der Waals surface area (Å²) in [4.78, 5) is 0.389. The Balaban J connectivity index is 2.07. The molecule has 4 nitrogen and oxygen atoms in total. The topological polar surface area (TPSA) is 80.4 Å². The third-order valence-electron chi connectivity index (χ3n) is 6.42. The summed E-state index contributed by atoms with van der Waals surface area (Å²) in [6.45, 7) is 2.61. The number of benzene rings is 1. The Labute approximate surface area is 184 Å². The van der Waals surface area contributed by atoms with E-state index < -0.39 is 15.9 Å². The van der Waals surface area contributed by atoms with Gasteiger partial charge in [0.15, 0.2) is 9.84 Å². The molecule has 1 aliphatic rings. The highest BCUT2D eigenvalue weighted by molar-refractivity contribution is 7.91. The van der Waals surface area contributed by atoms with Crippen LogP contribution in [-0.2, 0) is 16.3 Å². The van der Waals surface area contributed by atoms with E-state index in [1.165, 1.54) is 44.9 Å². The second kappa shape index (κ2) is 13.5. The molecule has 3 N–H and O–H groups in total. The summed E-state index contributed by atoms with van der Waals surface area (Å²) in [7, 11) is -3.34. The van der Waals surface area contributed by atoms with Crippen LogP contribution in [0.3, 0.4) is 0 Å². The van der Waals surface area contributed by atoms with Crippen molar-refractivity contribution < 1.29 is 13.5 Å². The van der Waals surface area contributed by atoms with Crippen LogP contribution in [-0.4, -0.2) is 25.8 Å². The molecule has 1 unspecified atom stereocenters. The van der Waals surface area contributed by atoms with Crippen molar-refractivity contribution in [1.29, 1.82) is 0 Å². The second-order valence-corrected chi connectivity index (χ2v) is 11.2. The van der Waals surface area contributed by atoms with E-state index in [0.717, 1.165) is 44.1 Å². The number of aliphatic hydroxyl groups excluding tert-OH is 1. The molecule has 0 heterocycles. The van der Waals surface area contributed by atoms with Gasteiger partial charge in [0.05, 0.1) is 16.8 Å². The van der Waals surface area contributed by atoms with Crippen molar-refractivity contribution in [2.75, 3.05) is 12.3 Å². The van der Waals surface area contributed by atoms with Gasteiger partial charge in [-0.1, -0.05) is 70.8 Å². The first kappa shape index (κ1) is 25.4. The number of nitrogens with two attached hydrogens (primary N) is 1. The molecule has 0 aliphatic heterocycles. The lowest BCUT2D eigenvalue weighted by Gasteiger charge is -2.22. The van der Waals surface area contributed by atoms with E-state index in [0.29, 0.717) is 23.4 Å². The van der Waals surface area contributed by atoms with Crippen molar-refractivity contribution in [3.63, 3.8) is 0 Å². The fourth-order valence-electron chi connectivity index (χ4n) is 4.57. The fraction of sp³-hybridized carbons (Fsp3) is 0.760. The number of hydrogen-bond acceptors (Lipinski definition) is 4. The van der Waals surface area contributed by atoms with Crippen molar-refractivity contribution in [3.8, 4) is 0 Å². The monoisotopic (exact) mass is 437 g/mol. The third kappa shape index (κ3) is 8.68. The van der Waals surface area contributed by atoms with Gasteiger partial charge in [-0.15, -0.1) is 0 Å². The Hall–Kier alpha value is -0.910. The number of aliphatic hydroxyl groups is 1. The van der Waals surface area contributed by atoms with E-state index in [9.17, 15) is 13.5 Å². The largest absolute Gasteiger partial charge is 0.388 e. The van der Waals surface area contributed by atoms with Crippen molar-refractivity contribution in [1.82, 2.24) is 0 Å². The number of aryl methyl sites for hydroxylation is 1. The van der Waals surface area contributed by atoms with E-state index >= 15 is 0 Å². The summed E-state index contributed by atoms with van der Waals surface area (Å²) >= 11 is 0. The normalized spacial score (nSPS) is 16.6. The maximum atomic E-state index is 13.2. The minimum Gasteiger partial charge on any atom is -0.388 e. The zero-order chi connectivity index (χ0) is 21.8. The number of sulfone groups is 1. The highest BCUT2D eigenvalue weighted by Crippen LogP contribution is 2.29. The van der Waals surface area contributed by atoms with E-state index in [-0.39, 0.29) is 11.7 Å². The van der Waals surface area contributed by atoms with Crippen molar-refractivity contribution >= 4 is 9.84 Å². The Morgan fingerprint density at radius 1 is 1.00 bits per heavy atom. The lowest BCUT2D eigenvalue weighted by atomic mass is 9.91. The van der Waals surface area contributed by atoms with Crippen LogP contribution >= 0.6 is 0 Å². The molecule has 1 fully saturated rings. The molecule has 1 atom stereocenters. The summed E-state index contributed by atoms with van der Waals surface area (Å²) in [5.74, 6) is 0.508. The molecule has 0 amide bonds. The number of hydrogen-bond donors (Lipinski definition) is 2. The molecule has 1 aromatic rings. The first-order valence-corrected chi connectivity index (χ1v) is 13.9. The molecule has 1 aliphatic carbocycles. The van der Waals surface area contributed by atoms with E-state index in [2.05, 4.69) is 6.92 Å². The molecule has 172 valence electrons. The smallest absolute Gasteiger partial charge is 0.178 e. The van der Waals surface area contributed by atoms with Gasteiger partial charge in [-0.3, -0.25) is 0 Å². The van der Waals surface area contributed by atoms with Gasteiger partial charge in [0.2, 0.25) is 0 Å². The van der Waals surface area contributed by atoms with Crippen LogP contribution in [0.25, 0.3) is 0 Å². The van der Waals surface area contributed by atoms with Gasteiger partial charge in [-0.25, -0.2) is 8.42 Å². The highest BCUT2D eigenvalue weighted by atomic mass is 32.2. The van der Waals surface area contributed by atoms with Gasteiger partial charge >= 0.3 is 0 Å². The zero-order valence-electron chi connectivity index (χ0n) is 18.9. The molecule has 0 aromatic heterocycles. The van der Waals surface area contributed by atoms with Crippen LogP contribution in [0, 0.1) is 5.92 Å². The molecule has 1 aromatic carbocycles. The van der Waals surface area contributed by atoms with Crippen LogP contribution in [0.4, 0.5) is 0 Å². The summed E-state index contributed by atoms with van der Waals surface area (Å²) in [6.07, 6.45) is 14.8. The van der Waals surface area contributed by atoms with Gasteiger partial charge in [0.25, 0.3) is 0 Å². The van der Waals surface area contributed by atoms with Crippen LogP contribution in [0.1, 0.15) is 108 Å². The first-order chi connectivity index (χ1) is 14.5. The highest BCUT2D eigenvalue weighted by Gasteiger charge is 2.24. The molecule has 0 spiro atoms. The molecular formula is C25H43NO3S. The lowest BCUT2D eigenvalue weighted by molar-refractivity contribution is 0.170. The maximum Gasteiger partial charge on any atom is 0.178 e. The average Bonchev–Trinajstić information content (AvgIpc) is 2.73. The minimum absolute atomic E-state index is 0.236.